The summed E-state index contributed by atoms with van der Waals surface area (Å²) in [6, 6.07) is 30.9. The third-order valence-electron chi connectivity index (χ3n) is 7.03. The number of benzene rings is 3. The molecule has 0 amide bonds. The highest BCUT2D eigenvalue weighted by molar-refractivity contribution is 6.20. The first-order valence-corrected chi connectivity index (χ1v) is 12.7. The topological polar surface area (TPSA) is 125 Å². The molecule has 1 aromatic heterocycles. The molecule has 0 aliphatic carbocycles. The van der Waals surface area contributed by atoms with Crippen LogP contribution in [0.2, 0.25) is 0 Å². The third-order valence-corrected chi connectivity index (χ3v) is 7.03. The normalized spacial score (nSPS) is 21.0. The molecule has 4 atom stereocenters. The van der Waals surface area contributed by atoms with Crippen molar-refractivity contribution in [2.45, 2.75) is 30.1 Å². The average Bonchev–Trinajstić information content (AvgIpc) is 3.50. The summed E-state index contributed by atoms with van der Waals surface area (Å²) >= 11 is 0. The van der Waals surface area contributed by atoms with E-state index >= 15 is 0 Å². The maximum Gasteiger partial charge on any atom is 0.414 e. The molecule has 0 spiro atoms. The molecule has 0 saturated carbocycles. The van der Waals surface area contributed by atoms with Crippen molar-refractivity contribution in [3.8, 4) is 6.01 Å². The highest BCUT2D eigenvalue weighted by atomic mass is 16.7. The van der Waals surface area contributed by atoms with Crippen LogP contribution in [0.15, 0.2) is 108 Å². The molecule has 6 rings (SSSR count). The van der Waals surface area contributed by atoms with Crippen LogP contribution >= 0.6 is 0 Å². The highest BCUT2D eigenvalue weighted by Crippen LogP contribution is 2.44. The fourth-order valence-electron chi connectivity index (χ4n) is 5.32. The number of nitrogens with zero attached hydrogens (tertiary/aromatic N) is 4. The number of ether oxygens (including phenoxy) is 4. The van der Waals surface area contributed by atoms with Crippen molar-refractivity contribution in [3.63, 3.8) is 0 Å². The van der Waals surface area contributed by atoms with E-state index in [-0.39, 0.29) is 12.6 Å². The maximum absolute atomic E-state index is 12.4. The van der Waals surface area contributed by atoms with Gasteiger partial charge in [-0.25, -0.2) is 4.79 Å². The Morgan fingerprint density at radius 2 is 1.52 bits per heavy atom. The van der Waals surface area contributed by atoms with Crippen LogP contribution in [0.4, 0.5) is 0 Å². The molecule has 10 nitrogen and oxygen atoms in total. The Balaban J connectivity index is 1.40. The number of aromatic nitrogens is 2. The van der Waals surface area contributed by atoms with Crippen molar-refractivity contribution < 1.29 is 28.5 Å². The first-order valence-electron chi connectivity index (χ1n) is 12.7. The lowest BCUT2D eigenvalue weighted by Crippen LogP contribution is -2.43. The largest absolute Gasteiger partial charge is 0.452 e. The lowest BCUT2D eigenvalue weighted by molar-refractivity contribution is -0.153. The minimum atomic E-state index is -1.03. The molecule has 2 aliphatic rings. The minimum Gasteiger partial charge on any atom is -0.452 e. The second-order valence-electron chi connectivity index (χ2n) is 9.34. The number of carbonyl (C=O) groups is 1. The van der Waals surface area contributed by atoms with Crippen LogP contribution in [0.1, 0.15) is 22.9 Å². The summed E-state index contributed by atoms with van der Waals surface area (Å²) in [4.78, 5) is 30.8. The van der Waals surface area contributed by atoms with Crippen LogP contribution in [-0.2, 0) is 24.6 Å². The third kappa shape index (κ3) is 4.50. The number of hydrogen-bond donors (Lipinski definition) is 0. The molecule has 0 N–H and O–H groups in total. The van der Waals surface area contributed by atoms with Crippen molar-refractivity contribution in [1.29, 1.82) is 0 Å². The predicted molar refractivity (Wildman–Crippen MR) is 142 cm³/mol. The summed E-state index contributed by atoms with van der Waals surface area (Å²) in [6.45, 7) is -0.00772. The second-order valence-corrected chi connectivity index (χ2v) is 9.34. The molecule has 200 valence electrons. The van der Waals surface area contributed by atoms with Gasteiger partial charge in [0.25, 0.3) is 5.56 Å². The zero-order valence-electron chi connectivity index (χ0n) is 21.1. The Hall–Kier alpha value is -4.89. The van der Waals surface area contributed by atoms with E-state index in [9.17, 15) is 9.59 Å². The monoisotopic (exact) mass is 536 g/mol. The second kappa shape index (κ2) is 10.7. The zero-order chi connectivity index (χ0) is 27.5. The molecular formula is C30H24N4O6. The first-order chi connectivity index (χ1) is 19.6. The summed E-state index contributed by atoms with van der Waals surface area (Å²) in [5.74, 6) is -0.885. The van der Waals surface area contributed by atoms with Crippen LogP contribution in [-0.4, -0.2) is 51.4 Å². The van der Waals surface area contributed by atoms with Crippen LogP contribution in [0, 0.1) is 0 Å². The number of esters is 1. The molecule has 1 saturated heterocycles. The Bertz CT molecular complexity index is 1510. The van der Waals surface area contributed by atoms with Crippen LogP contribution in [0.25, 0.3) is 5.53 Å². The Kier molecular flexibility index (Phi) is 6.79. The fourth-order valence-corrected chi connectivity index (χ4v) is 5.32. The first kappa shape index (κ1) is 25.4. The Morgan fingerprint density at radius 1 is 0.950 bits per heavy atom. The van der Waals surface area contributed by atoms with Gasteiger partial charge in [-0.15, -0.1) is 0 Å². The molecular weight excluding hydrogens is 512 g/mol. The van der Waals surface area contributed by atoms with Crippen LogP contribution in [0.3, 0.4) is 0 Å². The van der Waals surface area contributed by atoms with Gasteiger partial charge in [0.05, 0.1) is 6.61 Å². The van der Waals surface area contributed by atoms with Crippen LogP contribution in [0.5, 0.6) is 6.01 Å². The molecule has 2 aliphatic heterocycles. The minimum absolute atomic E-state index is 0.00772. The maximum atomic E-state index is 12.4. The van der Waals surface area contributed by atoms with Crippen molar-refractivity contribution >= 4 is 12.2 Å². The van der Waals surface area contributed by atoms with E-state index in [2.05, 4.69) is 9.77 Å². The Labute approximate surface area is 229 Å². The van der Waals surface area contributed by atoms with Crippen molar-refractivity contribution in [1.82, 2.24) is 9.55 Å². The van der Waals surface area contributed by atoms with E-state index < -0.39 is 41.7 Å². The van der Waals surface area contributed by atoms with E-state index in [0.29, 0.717) is 6.21 Å². The zero-order valence-corrected chi connectivity index (χ0v) is 21.1. The van der Waals surface area contributed by atoms with E-state index in [1.807, 2.05) is 91.0 Å². The van der Waals surface area contributed by atoms with Crippen molar-refractivity contribution in [2.24, 2.45) is 0 Å². The molecule has 10 heteroatoms. The number of hydrogen-bond acceptors (Lipinski definition) is 7. The highest BCUT2D eigenvalue weighted by Gasteiger charge is 2.55. The van der Waals surface area contributed by atoms with Gasteiger partial charge in [-0.1, -0.05) is 91.0 Å². The summed E-state index contributed by atoms with van der Waals surface area (Å²) in [7, 11) is 0. The SMILES string of the molecule is [N-]=[N+]=CC(=O)O[C@H]1[C@@H]2Oc3nc(=O)ccn3[C@@H]2O[C@@H]1COC(c1ccccc1)(c1ccccc1)c1ccccc1. The van der Waals surface area contributed by atoms with E-state index in [1.54, 1.807) is 4.57 Å². The molecule has 3 aromatic carbocycles. The van der Waals surface area contributed by atoms with E-state index in [1.165, 1.54) is 12.3 Å². The van der Waals surface area contributed by atoms with E-state index in [4.69, 9.17) is 24.5 Å². The lowest BCUT2D eigenvalue weighted by atomic mass is 9.80. The van der Waals surface area contributed by atoms with Gasteiger partial charge in [-0.2, -0.15) is 9.77 Å². The van der Waals surface area contributed by atoms with Gasteiger partial charge in [-0.3, -0.25) is 9.36 Å². The lowest BCUT2D eigenvalue weighted by Gasteiger charge is -2.37. The Morgan fingerprint density at radius 3 is 2.08 bits per heavy atom. The van der Waals surface area contributed by atoms with Gasteiger partial charge in [0.15, 0.2) is 18.4 Å². The van der Waals surface area contributed by atoms with Gasteiger partial charge in [0.1, 0.15) is 11.7 Å². The van der Waals surface area contributed by atoms with E-state index in [0.717, 1.165) is 16.7 Å². The number of rotatable bonds is 8. The van der Waals surface area contributed by atoms with Gasteiger partial charge >= 0.3 is 18.2 Å². The summed E-state index contributed by atoms with van der Waals surface area (Å²) in [5, 5.41) is 0. The molecule has 40 heavy (non-hydrogen) atoms. The summed E-state index contributed by atoms with van der Waals surface area (Å²) in [6.07, 6.45) is -1.11. The molecule has 0 unspecified atom stereocenters. The van der Waals surface area contributed by atoms with Crippen molar-refractivity contribution in [3.05, 3.63) is 136 Å². The average molecular weight is 537 g/mol. The smallest absolute Gasteiger partial charge is 0.414 e. The molecule has 3 heterocycles. The fraction of sp³-hybridized carbons (Fsp3) is 0.200. The molecule has 4 aromatic rings. The van der Waals surface area contributed by atoms with Gasteiger partial charge in [0.2, 0.25) is 0 Å². The number of carbonyl (C=O) groups excluding carboxylic acids is 1. The van der Waals surface area contributed by atoms with Gasteiger partial charge in [-0.05, 0) is 16.7 Å². The predicted octanol–water partition coefficient (Wildman–Crippen LogP) is 3.12. The molecule has 0 bridgehead atoms. The van der Waals surface area contributed by atoms with Crippen LogP contribution < -0.4 is 10.3 Å². The van der Waals surface area contributed by atoms with Crippen molar-refractivity contribution in [2.75, 3.05) is 6.61 Å². The van der Waals surface area contributed by atoms with Gasteiger partial charge in [0, 0.05) is 12.3 Å². The summed E-state index contributed by atoms with van der Waals surface area (Å²) in [5.41, 5.74) is 10.1. The number of fused-ring (bicyclic) bond motifs is 3. The standard InChI is InChI=1S/C30H24N4O6/c31-32-18-25(36)39-26-23(38-28-27(26)40-29-33-24(35)16-17-34(28)29)19-37-30(20-10-4-1-5-11-20,21-12-6-2-7-13-21)22-14-8-3-9-15-22/h1-18,23,26-28H,19H2/t23-,26-,27+,28-/m1/s1. The quantitative estimate of drug-likeness (QED) is 0.111. The van der Waals surface area contributed by atoms with Gasteiger partial charge < -0.3 is 24.5 Å². The molecule has 0 radical (unpaired) electrons. The summed E-state index contributed by atoms with van der Waals surface area (Å²) < 4.78 is 26.3. The molecule has 1 fully saturated rings.